The summed E-state index contributed by atoms with van der Waals surface area (Å²) in [6.45, 7) is 0.736. The number of hydrogen-bond acceptors (Lipinski definition) is 3. The van der Waals surface area contributed by atoms with Crippen molar-refractivity contribution in [1.29, 1.82) is 0 Å². The zero-order valence-corrected chi connectivity index (χ0v) is 12.6. The highest BCUT2D eigenvalue weighted by Crippen LogP contribution is 2.36. The van der Waals surface area contributed by atoms with Crippen molar-refractivity contribution in [3.05, 3.63) is 56.8 Å². The lowest BCUT2D eigenvalue weighted by atomic mass is 10.0. The van der Waals surface area contributed by atoms with Crippen LogP contribution in [0.3, 0.4) is 0 Å². The molecule has 0 saturated carbocycles. The van der Waals surface area contributed by atoms with Crippen LogP contribution in [0.1, 0.15) is 39.0 Å². The molecule has 2 aromatic rings. The second-order valence-electron chi connectivity index (χ2n) is 5.34. The van der Waals surface area contributed by atoms with Gasteiger partial charge in [0.25, 0.3) is 0 Å². The Morgan fingerprint density at radius 2 is 2.05 bits per heavy atom. The molecule has 3 rings (SSSR count). The number of fused-ring (bicyclic) bond motifs is 1. The summed E-state index contributed by atoms with van der Waals surface area (Å²) in [4.78, 5) is 2.55. The largest absolute Gasteiger partial charge is 0.384 e. The minimum Gasteiger partial charge on any atom is -0.384 e. The zero-order valence-electron chi connectivity index (χ0n) is 11.8. The van der Waals surface area contributed by atoms with Crippen LogP contribution in [0, 0.1) is 0 Å². The van der Waals surface area contributed by atoms with Crippen molar-refractivity contribution in [3.63, 3.8) is 0 Å². The smallest absolute Gasteiger partial charge is 0.113 e. The van der Waals surface area contributed by atoms with E-state index in [2.05, 4.69) is 18.2 Å². The van der Waals surface area contributed by atoms with E-state index in [9.17, 15) is 5.11 Å². The molecule has 1 aromatic carbocycles. The number of hydrogen-bond donors (Lipinski definition) is 1. The number of aliphatic hydroxyl groups is 1. The van der Waals surface area contributed by atoms with Crippen LogP contribution < -0.4 is 0 Å². The number of benzene rings is 1. The van der Waals surface area contributed by atoms with Crippen molar-refractivity contribution >= 4 is 11.3 Å². The summed E-state index contributed by atoms with van der Waals surface area (Å²) >= 11 is 1.77. The number of aryl methyl sites for hydroxylation is 2. The van der Waals surface area contributed by atoms with Gasteiger partial charge in [-0.2, -0.15) is 0 Å². The summed E-state index contributed by atoms with van der Waals surface area (Å²) in [6.07, 6.45) is 4.06. The van der Waals surface area contributed by atoms with Crippen LogP contribution in [0.4, 0.5) is 0 Å². The van der Waals surface area contributed by atoms with E-state index in [4.69, 9.17) is 4.74 Å². The lowest BCUT2D eigenvalue weighted by Crippen LogP contribution is -1.99. The van der Waals surface area contributed by atoms with Crippen molar-refractivity contribution < 1.29 is 9.84 Å². The molecule has 1 atom stereocenters. The SMILES string of the molecule is COCCc1ccc(C(O)c2cc3c(s2)CCC3)cc1. The molecule has 0 bridgehead atoms. The predicted molar refractivity (Wildman–Crippen MR) is 82.4 cm³/mol. The van der Waals surface area contributed by atoms with Crippen molar-refractivity contribution in [2.75, 3.05) is 13.7 Å². The molecule has 1 aliphatic carbocycles. The van der Waals surface area contributed by atoms with Gasteiger partial charge in [-0.15, -0.1) is 11.3 Å². The van der Waals surface area contributed by atoms with E-state index in [1.807, 2.05) is 12.1 Å². The summed E-state index contributed by atoms with van der Waals surface area (Å²) in [7, 11) is 1.72. The molecule has 0 aliphatic heterocycles. The third-order valence-electron chi connectivity index (χ3n) is 3.93. The van der Waals surface area contributed by atoms with Gasteiger partial charge in [0.15, 0.2) is 0 Å². The highest BCUT2D eigenvalue weighted by Gasteiger charge is 2.19. The monoisotopic (exact) mass is 288 g/mol. The summed E-state index contributed by atoms with van der Waals surface area (Å²) < 4.78 is 5.08. The van der Waals surface area contributed by atoms with E-state index in [0.717, 1.165) is 23.5 Å². The lowest BCUT2D eigenvalue weighted by molar-refractivity contribution is 0.202. The fraction of sp³-hybridized carbons (Fsp3) is 0.412. The topological polar surface area (TPSA) is 29.5 Å². The molecular weight excluding hydrogens is 268 g/mol. The maximum Gasteiger partial charge on any atom is 0.113 e. The molecule has 1 N–H and O–H groups in total. The average Bonchev–Trinajstić information content (AvgIpc) is 3.06. The first kappa shape index (κ1) is 13.8. The van der Waals surface area contributed by atoms with Gasteiger partial charge in [-0.3, -0.25) is 0 Å². The molecule has 0 spiro atoms. The standard InChI is InChI=1S/C17H20O2S/c1-19-10-9-12-5-7-13(8-6-12)17(18)16-11-14-3-2-4-15(14)20-16/h5-8,11,17-18H,2-4,9-10H2,1H3. The molecular formula is C17H20O2S. The van der Waals surface area contributed by atoms with Crippen LogP contribution in [-0.2, 0) is 24.0 Å². The zero-order chi connectivity index (χ0) is 13.9. The molecule has 106 valence electrons. The predicted octanol–water partition coefficient (Wildman–Crippen LogP) is 3.51. The van der Waals surface area contributed by atoms with Crippen molar-refractivity contribution in [2.45, 2.75) is 31.8 Å². The Hall–Kier alpha value is -1.16. The van der Waals surface area contributed by atoms with Crippen LogP contribution in [0.2, 0.25) is 0 Å². The quantitative estimate of drug-likeness (QED) is 0.912. The number of aliphatic hydroxyl groups excluding tert-OH is 1. The molecule has 1 heterocycles. The molecule has 1 aromatic heterocycles. The summed E-state index contributed by atoms with van der Waals surface area (Å²) in [5.41, 5.74) is 3.67. The number of ether oxygens (including phenoxy) is 1. The maximum atomic E-state index is 10.5. The van der Waals surface area contributed by atoms with E-state index in [1.165, 1.54) is 35.3 Å². The van der Waals surface area contributed by atoms with Crippen LogP contribution in [-0.4, -0.2) is 18.8 Å². The number of rotatable bonds is 5. The van der Waals surface area contributed by atoms with E-state index in [-0.39, 0.29) is 0 Å². The lowest BCUT2D eigenvalue weighted by Gasteiger charge is -2.10. The van der Waals surface area contributed by atoms with Gasteiger partial charge >= 0.3 is 0 Å². The molecule has 0 saturated heterocycles. The van der Waals surface area contributed by atoms with Crippen LogP contribution in [0.5, 0.6) is 0 Å². The molecule has 3 heteroatoms. The van der Waals surface area contributed by atoms with Gasteiger partial charge in [0, 0.05) is 16.9 Å². The second-order valence-corrected chi connectivity index (χ2v) is 6.51. The van der Waals surface area contributed by atoms with Gasteiger partial charge in [0.2, 0.25) is 0 Å². The van der Waals surface area contributed by atoms with Gasteiger partial charge in [-0.1, -0.05) is 24.3 Å². The first-order valence-corrected chi connectivity index (χ1v) is 7.97. The molecule has 0 amide bonds. The Bertz CT molecular complexity index is 550. The van der Waals surface area contributed by atoms with Crippen LogP contribution >= 0.6 is 11.3 Å². The fourth-order valence-electron chi connectivity index (χ4n) is 2.74. The molecule has 2 nitrogen and oxygen atoms in total. The highest BCUT2D eigenvalue weighted by atomic mass is 32.1. The maximum absolute atomic E-state index is 10.5. The van der Waals surface area contributed by atoms with Gasteiger partial charge in [0.1, 0.15) is 6.10 Å². The Balaban J connectivity index is 1.74. The molecule has 20 heavy (non-hydrogen) atoms. The van der Waals surface area contributed by atoms with E-state index < -0.39 is 6.10 Å². The first-order valence-electron chi connectivity index (χ1n) is 7.15. The van der Waals surface area contributed by atoms with Crippen LogP contribution in [0.25, 0.3) is 0 Å². The summed E-state index contributed by atoms with van der Waals surface area (Å²) in [5, 5.41) is 10.5. The third kappa shape index (κ3) is 2.80. The Morgan fingerprint density at radius 1 is 1.25 bits per heavy atom. The Kier molecular flexibility index (Phi) is 4.20. The van der Waals surface area contributed by atoms with E-state index in [1.54, 1.807) is 18.4 Å². The first-order chi connectivity index (χ1) is 9.78. The fourth-order valence-corrected chi connectivity index (χ4v) is 4.01. The van der Waals surface area contributed by atoms with Gasteiger partial charge in [-0.05, 0) is 48.4 Å². The second kappa shape index (κ2) is 6.08. The highest BCUT2D eigenvalue weighted by molar-refractivity contribution is 7.12. The molecule has 1 unspecified atom stereocenters. The van der Waals surface area contributed by atoms with Crippen molar-refractivity contribution in [1.82, 2.24) is 0 Å². The third-order valence-corrected chi connectivity index (χ3v) is 5.21. The summed E-state index contributed by atoms with van der Waals surface area (Å²) in [5.74, 6) is 0. The number of methoxy groups -OCH3 is 1. The van der Waals surface area contributed by atoms with E-state index in [0.29, 0.717) is 0 Å². The summed E-state index contributed by atoms with van der Waals surface area (Å²) in [6, 6.07) is 10.4. The molecule has 0 radical (unpaired) electrons. The number of thiophene rings is 1. The van der Waals surface area contributed by atoms with Gasteiger partial charge < -0.3 is 9.84 Å². The molecule has 0 fully saturated rings. The van der Waals surface area contributed by atoms with E-state index >= 15 is 0 Å². The minimum atomic E-state index is -0.484. The normalized spacial score (nSPS) is 15.3. The minimum absolute atomic E-state index is 0.484. The Labute approximate surface area is 124 Å². The van der Waals surface area contributed by atoms with Gasteiger partial charge in [0.05, 0.1) is 6.61 Å². The van der Waals surface area contributed by atoms with Gasteiger partial charge in [-0.25, -0.2) is 0 Å². The van der Waals surface area contributed by atoms with Crippen LogP contribution in [0.15, 0.2) is 30.3 Å². The van der Waals surface area contributed by atoms with Crippen molar-refractivity contribution in [2.24, 2.45) is 0 Å². The molecule has 1 aliphatic rings. The van der Waals surface area contributed by atoms with Crippen molar-refractivity contribution in [3.8, 4) is 0 Å². The average molecular weight is 288 g/mol. The Morgan fingerprint density at radius 3 is 2.75 bits per heavy atom.